The Bertz CT molecular complexity index is 413. The molecule has 1 atom stereocenters. The van der Waals surface area contributed by atoms with Gasteiger partial charge in [-0.15, -0.1) is 0 Å². The van der Waals surface area contributed by atoms with Gasteiger partial charge in [0.05, 0.1) is 17.7 Å². The van der Waals surface area contributed by atoms with Crippen molar-refractivity contribution in [2.45, 2.75) is 13.8 Å². The third kappa shape index (κ3) is 3.05. The molecule has 1 aromatic heterocycles. The quantitative estimate of drug-likeness (QED) is 0.785. The van der Waals surface area contributed by atoms with Gasteiger partial charge in [-0.25, -0.2) is 0 Å². The monoisotopic (exact) mass is 238 g/mol. The van der Waals surface area contributed by atoms with Crippen molar-refractivity contribution < 1.29 is 9.59 Å². The van der Waals surface area contributed by atoms with E-state index >= 15 is 0 Å². The number of hydrogen-bond acceptors (Lipinski definition) is 3. The molecule has 0 fully saturated rings. The summed E-state index contributed by atoms with van der Waals surface area (Å²) in [6.07, 6.45) is 1.50. The largest absolute Gasteiger partial charge is 0.359 e. The van der Waals surface area contributed by atoms with Gasteiger partial charge in [-0.3, -0.25) is 14.7 Å². The molecule has 6 heteroatoms. The van der Waals surface area contributed by atoms with E-state index in [2.05, 4.69) is 15.5 Å². The molecule has 0 bridgehead atoms. The summed E-state index contributed by atoms with van der Waals surface area (Å²) in [5.74, 6) is -0.443. The fourth-order valence-electron chi connectivity index (χ4n) is 1.59. The number of nitrogens with one attached hydrogen (secondary N) is 2. The molecule has 0 aliphatic carbocycles. The molecule has 0 radical (unpaired) electrons. The van der Waals surface area contributed by atoms with Crippen molar-refractivity contribution in [2.24, 2.45) is 5.92 Å². The molecular weight excluding hydrogens is 220 g/mol. The summed E-state index contributed by atoms with van der Waals surface area (Å²) in [4.78, 5) is 24.9. The number of aromatic amines is 1. The fourth-order valence-corrected chi connectivity index (χ4v) is 1.59. The normalized spacial score (nSPS) is 12.0. The molecule has 0 aromatic carbocycles. The van der Waals surface area contributed by atoms with Gasteiger partial charge in [0.15, 0.2) is 0 Å². The lowest BCUT2D eigenvalue weighted by Crippen LogP contribution is -2.37. The molecule has 1 unspecified atom stereocenters. The number of nitrogens with zero attached hydrogens (tertiary/aromatic N) is 2. The molecule has 1 rings (SSSR count). The van der Waals surface area contributed by atoms with Crippen molar-refractivity contribution >= 4 is 11.8 Å². The molecule has 94 valence electrons. The lowest BCUT2D eigenvalue weighted by atomic mass is 10.1. The van der Waals surface area contributed by atoms with Crippen LogP contribution in [0.2, 0.25) is 0 Å². The topological polar surface area (TPSA) is 78.1 Å². The number of carbonyl (C=O) groups is 2. The first kappa shape index (κ1) is 13.2. The SMILES string of the molecule is CNC(=O)C(C)CN(C)C(=O)c1cn[nH]c1C. The Morgan fingerprint density at radius 2 is 2.24 bits per heavy atom. The fraction of sp³-hybridized carbons (Fsp3) is 0.545. The van der Waals surface area contributed by atoms with Crippen molar-refractivity contribution in [3.8, 4) is 0 Å². The number of H-pyrrole nitrogens is 1. The van der Waals surface area contributed by atoms with Gasteiger partial charge in [0, 0.05) is 26.3 Å². The van der Waals surface area contributed by atoms with Crippen molar-refractivity contribution in [1.82, 2.24) is 20.4 Å². The summed E-state index contributed by atoms with van der Waals surface area (Å²) in [6, 6.07) is 0. The van der Waals surface area contributed by atoms with E-state index in [1.807, 2.05) is 0 Å². The number of hydrogen-bond donors (Lipinski definition) is 2. The lowest BCUT2D eigenvalue weighted by molar-refractivity contribution is -0.124. The summed E-state index contributed by atoms with van der Waals surface area (Å²) in [7, 11) is 3.26. The molecular formula is C11H18N4O2. The van der Waals surface area contributed by atoms with E-state index in [1.165, 1.54) is 11.1 Å². The van der Waals surface area contributed by atoms with E-state index in [4.69, 9.17) is 0 Å². The third-order valence-corrected chi connectivity index (χ3v) is 2.65. The number of aryl methyl sites for hydroxylation is 1. The molecule has 0 spiro atoms. The van der Waals surface area contributed by atoms with E-state index in [9.17, 15) is 9.59 Å². The molecule has 2 N–H and O–H groups in total. The van der Waals surface area contributed by atoms with Gasteiger partial charge >= 0.3 is 0 Å². The molecule has 2 amide bonds. The van der Waals surface area contributed by atoms with E-state index in [0.717, 1.165) is 5.69 Å². The Kier molecular flexibility index (Phi) is 4.25. The van der Waals surface area contributed by atoms with Crippen molar-refractivity contribution in [3.05, 3.63) is 17.5 Å². The number of carbonyl (C=O) groups excluding carboxylic acids is 2. The lowest BCUT2D eigenvalue weighted by Gasteiger charge is -2.20. The molecule has 0 aliphatic heterocycles. The minimum absolute atomic E-state index is 0.0754. The van der Waals surface area contributed by atoms with Crippen LogP contribution in [0.4, 0.5) is 0 Å². The zero-order chi connectivity index (χ0) is 13.0. The maximum absolute atomic E-state index is 12.0. The van der Waals surface area contributed by atoms with Crippen LogP contribution in [-0.4, -0.2) is 47.6 Å². The van der Waals surface area contributed by atoms with Crippen LogP contribution in [0.25, 0.3) is 0 Å². The van der Waals surface area contributed by atoms with Crippen molar-refractivity contribution in [3.63, 3.8) is 0 Å². The van der Waals surface area contributed by atoms with Gasteiger partial charge in [-0.2, -0.15) is 5.10 Å². The molecule has 1 heterocycles. The highest BCUT2D eigenvalue weighted by Crippen LogP contribution is 2.08. The number of rotatable bonds is 4. The predicted octanol–water partition coefficient (Wildman–Crippen LogP) is 0.172. The second kappa shape index (κ2) is 5.47. The zero-order valence-electron chi connectivity index (χ0n) is 10.6. The first-order chi connectivity index (χ1) is 7.97. The average molecular weight is 238 g/mol. The maximum atomic E-state index is 12.0. The van der Waals surface area contributed by atoms with Crippen molar-refractivity contribution in [1.29, 1.82) is 0 Å². The summed E-state index contributed by atoms with van der Waals surface area (Å²) in [5, 5.41) is 9.08. The molecule has 1 aromatic rings. The number of aromatic nitrogens is 2. The van der Waals surface area contributed by atoms with Gasteiger partial charge < -0.3 is 10.2 Å². The molecule has 0 saturated carbocycles. The zero-order valence-corrected chi connectivity index (χ0v) is 10.6. The first-order valence-corrected chi connectivity index (χ1v) is 5.44. The van der Waals surface area contributed by atoms with Crippen LogP contribution in [-0.2, 0) is 4.79 Å². The molecule has 0 aliphatic rings. The Hall–Kier alpha value is -1.85. The van der Waals surface area contributed by atoms with Gasteiger partial charge in [0.2, 0.25) is 5.91 Å². The summed E-state index contributed by atoms with van der Waals surface area (Å²) in [5.41, 5.74) is 1.27. The van der Waals surface area contributed by atoms with E-state index < -0.39 is 0 Å². The third-order valence-electron chi connectivity index (χ3n) is 2.65. The number of amides is 2. The van der Waals surface area contributed by atoms with Crippen molar-refractivity contribution in [2.75, 3.05) is 20.6 Å². The highest BCUT2D eigenvalue weighted by molar-refractivity contribution is 5.95. The van der Waals surface area contributed by atoms with E-state index in [-0.39, 0.29) is 17.7 Å². The predicted molar refractivity (Wildman–Crippen MR) is 63.5 cm³/mol. The Labute approximate surface area is 100 Å². The van der Waals surface area contributed by atoms with Crippen LogP contribution in [0.15, 0.2) is 6.20 Å². The summed E-state index contributed by atoms with van der Waals surface area (Å²) >= 11 is 0. The van der Waals surface area contributed by atoms with Crippen LogP contribution in [0.3, 0.4) is 0 Å². The highest BCUT2D eigenvalue weighted by Gasteiger charge is 2.20. The standard InChI is InChI=1S/C11H18N4O2/c1-7(10(16)12-3)6-15(4)11(17)9-5-13-14-8(9)2/h5,7H,6H2,1-4H3,(H,12,16)(H,13,14). The van der Waals surface area contributed by atoms with Crippen LogP contribution >= 0.6 is 0 Å². The maximum Gasteiger partial charge on any atom is 0.257 e. The van der Waals surface area contributed by atoms with Crippen LogP contribution in [0, 0.1) is 12.8 Å². The van der Waals surface area contributed by atoms with Gasteiger partial charge in [0.1, 0.15) is 0 Å². The van der Waals surface area contributed by atoms with E-state index in [0.29, 0.717) is 12.1 Å². The van der Waals surface area contributed by atoms with Gasteiger partial charge in [-0.05, 0) is 6.92 Å². The molecule has 0 saturated heterocycles. The Morgan fingerprint density at radius 1 is 1.59 bits per heavy atom. The second-order valence-electron chi connectivity index (χ2n) is 4.11. The Morgan fingerprint density at radius 3 is 2.71 bits per heavy atom. The Balaban J connectivity index is 2.65. The van der Waals surface area contributed by atoms with E-state index in [1.54, 1.807) is 27.9 Å². The second-order valence-corrected chi connectivity index (χ2v) is 4.11. The molecule has 6 nitrogen and oxygen atoms in total. The minimum atomic E-state index is -0.235. The van der Waals surface area contributed by atoms with Gasteiger partial charge in [0.25, 0.3) is 5.91 Å². The molecule has 17 heavy (non-hydrogen) atoms. The van der Waals surface area contributed by atoms with Crippen LogP contribution in [0.1, 0.15) is 23.0 Å². The summed E-state index contributed by atoms with van der Waals surface area (Å²) < 4.78 is 0. The highest BCUT2D eigenvalue weighted by atomic mass is 16.2. The van der Waals surface area contributed by atoms with Crippen LogP contribution < -0.4 is 5.32 Å². The smallest absolute Gasteiger partial charge is 0.257 e. The van der Waals surface area contributed by atoms with Gasteiger partial charge in [-0.1, -0.05) is 6.92 Å². The average Bonchev–Trinajstić information content (AvgIpc) is 2.73. The summed E-state index contributed by atoms with van der Waals surface area (Å²) in [6.45, 7) is 3.95. The minimum Gasteiger partial charge on any atom is -0.359 e. The first-order valence-electron chi connectivity index (χ1n) is 5.44. The van der Waals surface area contributed by atoms with Crippen LogP contribution in [0.5, 0.6) is 0 Å².